The Morgan fingerprint density at radius 1 is 1.05 bits per heavy atom. The van der Waals surface area contributed by atoms with E-state index in [0.29, 0.717) is 24.5 Å². The molecule has 0 amide bonds. The lowest BCUT2D eigenvalue weighted by atomic mass is 9.74. The van der Waals surface area contributed by atoms with Crippen LogP contribution >= 0.6 is 0 Å². The van der Waals surface area contributed by atoms with E-state index in [0.717, 1.165) is 12.0 Å². The van der Waals surface area contributed by atoms with E-state index in [4.69, 9.17) is 18.9 Å². The molecule has 1 aromatic rings. The molecule has 8 heteroatoms. The summed E-state index contributed by atoms with van der Waals surface area (Å²) in [4.78, 5) is 52.9. The van der Waals surface area contributed by atoms with Gasteiger partial charge in [-0.2, -0.15) is 0 Å². The van der Waals surface area contributed by atoms with Gasteiger partial charge in [-0.15, -0.1) is 0 Å². The average molecular weight is 553 g/mol. The fourth-order valence-corrected chi connectivity index (χ4v) is 7.55. The first-order valence-electron chi connectivity index (χ1n) is 14.3. The molecule has 0 bridgehead atoms. The van der Waals surface area contributed by atoms with Crippen molar-refractivity contribution in [1.82, 2.24) is 0 Å². The maximum atomic E-state index is 14.5. The summed E-state index contributed by atoms with van der Waals surface area (Å²) in [6.07, 6.45) is 1.85. The number of ketones is 1. The Bertz CT molecular complexity index is 1230. The Kier molecular flexibility index (Phi) is 7.22. The van der Waals surface area contributed by atoms with E-state index in [1.807, 2.05) is 43.3 Å². The molecule has 1 aromatic carbocycles. The summed E-state index contributed by atoms with van der Waals surface area (Å²) in [5, 5.41) is 0. The molecule has 0 N–H and O–H groups in total. The first-order chi connectivity index (χ1) is 18.8. The van der Waals surface area contributed by atoms with Crippen molar-refractivity contribution in [2.75, 3.05) is 6.61 Å². The van der Waals surface area contributed by atoms with E-state index in [1.54, 1.807) is 6.92 Å². The number of benzene rings is 1. The van der Waals surface area contributed by atoms with Gasteiger partial charge in [0.1, 0.15) is 17.8 Å². The third kappa shape index (κ3) is 5.00. The number of fused-ring (bicyclic) bond motifs is 2. The summed E-state index contributed by atoms with van der Waals surface area (Å²) >= 11 is 0. The third-order valence-corrected chi connectivity index (χ3v) is 9.71. The van der Waals surface area contributed by atoms with E-state index in [9.17, 15) is 19.2 Å². The molecule has 1 saturated heterocycles. The van der Waals surface area contributed by atoms with Crippen molar-refractivity contribution in [3.63, 3.8) is 0 Å². The first-order valence-corrected chi connectivity index (χ1v) is 14.3. The SMILES string of the molecule is CC(=O)OC1[C@H]2[C@@H](OC(=O)Cc3ccccc3)[C@@H](C)C[C@]2(OC(C)=O)C(=O)/C(C)=C\[C@@H]2[C@H](CC[C@@]13CO3)C2(C)C. The van der Waals surface area contributed by atoms with Gasteiger partial charge in [0, 0.05) is 20.3 Å². The highest BCUT2D eigenvalue weighted by Gasteiger charge is 2.71. The molecular formula is C32H40O8. The lowest BCUT2D eigenvalue weighted by molar-refractivity contribution is -0.190. The van der Waals surface area contributed by atoms with Gasteiger partial charge < -0.3 is 18.9 Å². The molecule has 1 aliphatic heterocycles. The number of hydrogen-bond donors (Lipinski definition) is 0. The smallest absolute Gasteiger partial charge is 0.310 e. The summed E-state index contributed by atoms with van der Waals surface area (Å²) < 4.78 is 24.2. The molecule has 8 nitrogen and oxygen atoms in total. The van der Waals surface area contributed by atoms with Crippen LogP contribution in [0.2, 0.25) is 0 Å². The molecule has 0 radical (unpaired) electrons. The Balaban J connectivity index is 1.61. The van der Waals surface area contributed by atoms with Crippen molar-refractivity contribution in [1.29, 1.82) is 0 Å². The van der Waals surface area contributed by atoms with Crippen molar-refractivity contribution >= 4 is 23.7 Å². The van der Waals surface area contributed by atoms with Crippen molar-refractivity contribution in [3.05, 3.63) is 47.5 Å². The lowest BCUT2D eigenvalue weighted by Gasteiger charge is -2.41. The van der Waals surface area contributed by atoms with Gasteiger partial charge in [0.2, 0.25) is 5.78 Å². The number of Topliss-reactive ketones (excluding diaryl/α,β-unsaturated/α-hetero) is 1. The number of epoxide rings is 1. The number of hydrogen-bond acceptors (Lipinski definition) is 8. The van der Waals surface area contributed by atoms with Crippen molar-refractivity contribution in [2.24, 2.45) is 29.1 Å². The van der Waals surface area contributed by atoms with E-state index in [1.165, 1.54) is 13.8 Å². The predicted molar refractivity (Wildman–Crippen MR) is 145 cm³/mol. The van der Waals surface area contributed by atoms with Gasteiger partial charge in [0.25, 0.3) is 0 Å². The lowest BCUT2D eigenvalue weighted by Crippen LogP contribution is -2.58. The van der Waals surface area contributed by atoms with Crippen LogP contribution in [-0.4, -0.2) is 53.7 Å². The number of carbonyl (C=O) groups excluding carboxylic acids is 4. The summed E-state index contributed by atoms with van der Waals surface area (Å²) in [5.41, 5.74) is -1.22. The second kappa shape index (κ2) is 10.1. The minimum Gasteiger partial charge on any atom is -0.461 e. The van der Waals surface area contributed by atoms with Crippen LogP contribution in [0.25, 0.3) is 0 Å². The minimum atomic E-state index is -1.68. The van der Waals surface area contributed by atoms with Crippen LogP contribution in [-0.2, 0) is 44.5 Å². The zero-order valence-corrected chi connectivity index (χ0v) is 24.2. The highest BCUT2D eigenvalue weighted by Crippen LogP contribution is 2.64. The van der Waals surface area contributed by atoms with Gasteiger partial charge in [0.15, 0.2) is 5.60 Å². The molecule has 5 rings (SSSR count). The molecule has 1 spiro atoms. The van der Waals surface area contributed by atoms with Crippen LogP contribution in [0.1, 0.15) is 66.4 Å². The fraction of sp³-hybridized carbons (Fsp3) is 0.625. The Hall–Kier alpha value is -3.00. The quantitative estimate of drug-likeness (QED) is 0.301. The second-order valence-corrected chi connectivity index (χ2v) is 12.9. The zero-order valence-electron chi connectivity index (χ0n) is 24.2. The van der Waals surface area contributed by atoms with Gasteiger partial charge in [-0.25, -0.2) is 0 Å². The fourth-order valence-electron chi connectivity index (χ4n) is 7.55. The normalized spacial score (nSPS) is 39.0. The summed E-state index contributed by atoms with van der Waals surface area (Å²) in [6, 6.07) is 9.25. The summed E-state index contributed by atoms with van der Waals surface area (Å²) in [7, 11) is 0. The highest BCUT2D eigenvalue weighted by molar-refractivity contribution is 6.03. The van der Waals surface area contributed by atoms with Crippen LogP contribution in [0.4, 0.5) is 0 Å². The van der Waals surface area contributed by atoms with E-state index in [2.05, 4.69) is 13.8 Å². The van der Waals surface area contributed by atoms with Crippen LogP contribution in [0.5, 0.6) is 0 Å². The molecule has 3 fully saturated rings. The van der Waals surface area contributed by atoms with Crippen LogP contribution < -0.4 is 0 Å². The van der Waals surface area contributed by atoms with Crippen molar-refractivity contribution < 1.29 is 38.1 Å². The van der Waals surface area contributed by atoms with E-state index >= 15 is 0 Å². The first kappa shape index (κ1) is 28.5. The summed E-state index contributed by atoms with van der Waals surface area (Å²) in [6.45, 7) is 11.0. The second-order valence-electron chi connectivity index (χ2n) is 12.9. The number of allylic oxidation sites excluding steroid dienone is 1. The van der Waals surface area contributed by atoms with E-state index in [-0.39, 0.29) is 35.9 Å². The van der Waals surface area contributed by atoms with Crippen LogP contribution in [0.15, 0.2) is 42.0 Å². The third-order valence-electron chi connectivity index (χ3n) is 9.71. The average Bonchev–Trinajstić information content (AvgIpc) is 3.73. The Morgan fingerprint density at radius 2 is 1.73 bits per heavy atom. The van der Waals surface area contributed by atoms with Gasteiger partial charge in [-0.05, 0) is 54.1 Å². The molecule has 2 saturated carbocycles. The highest BCUT2D eigenvalue weighted by atomic mass is 16.6. The predicted octanol–water partition coefficient (Wildman–Crippen LogP) is 4.38. The van der Waals surface area contributed by atoms with Crippen molar-refractivity contribution in [3.8, 4) is 0 Å². The van der Waals surface area contributed by atoms with Gasteiger partial charge >= 0.3 is 17.9 Å². The number of rotatable bonds is 5. The van der Waals surface area contributed by atoms with E-state index < -0.39 is 47.2 Å². The number of ether oxygens (including phenoxy) is 4. The van der Waals surface area contributed by atoms with Crippen LogP contribution in [0.3, 0.4) is 0 Å². The molecule has 1 unspecified atom stereocenters. The topological polar surface area (TPSA) is 108 Å². The standard InChI is InChI=1S/C32H40O8/c1-18-14-24-23(30(24,5)6)12-13-31(17-37-31)29(38-20(3)33)26-27(39-25(35)15-22-10-8-7-9-11-22)19(2)16-32(26,28(18)36)40-21(4)34/h7-11,14,19,23-24,26-27,29H,12-13,15-17H2,1-6H3/b18-14-/t19-,23-,24+,26+,27-,29?,31+,32+/m0/s1. The van der Waals surface area contributed by atoms with Crippen LogP contribution in [0, 0.1) is 29.1 Å². The Labute approximate surface area is 235 Å². The molecule has 0 aromatic heterocycles. The minimum absolute atomic E-state index is 0.0141. The Morgan fingerprint density at radius 3 is 2.33 bits per heavy atom. The van der Waals surface area contributed by atoms with Gasteiger partial charge in [-0.3, -0.25) is 19.2 Å². The largest absolute Gasteiger partial charge is 0.461 e. The number of carbonyl (C=O) groups is 4. The summed E-state index contributed by atoms with van der Waals surface area (Å²) in [5.74, 6) is -2.72. The molecule has 216 valence electrons. The molecule has 1 heterocycles. The molecule has 3 aliphatic carbocycles. The molecular weight excluding hydrogens is 512 g/mol. The molecule has 4 aliphatic rings. The maximum absolute atomic E-state index is 14.5. The van der Waals surface area contributed by atoms with Gasteiger partial charge in [-0.1, -0.05) is 57.2 Å². The monoisotopic (exact) mass is 552 g/mol. The van der Waals surface area contributed by atoms with Crippen molar-refractivity contribution in [2.45, 2.75) is 90.6 Å². The zero-order chi connectivity index (χ0) is 29.0. The maximum Gasteiger partial charge on any atom is 0.310 e. The molecule has 40 heavy (non-hydrogen) atoms. The van der Waals surface area contributed by atoms with Gasteiger partial charge in [0.05, 0.1) is 18.9 Å². The molecule has 8 atom stereocenters. The number of esters is 3.